The van der Waals surface area contributed by atoms with Gasteiger partial charge in [-0.2, -0.15) is 0 Å². The van der Waals surface area contributed by atoms with Crippen molar-refractivity contribution in [2.75, 3.05) is 6.54 Å². The number of piperidine rings is 1. The predicted octanol–water partition coefficient (Wildman–Crippen LogP) is 1.63. The molecule has 4 nitrogen and oxygen atoms in total. The van der Waals surface area contributed by atoms with Crippen molar-refractivity contribution >= 4 is 5.91 Å². The lowest BCUT2D eigenvalue weighted by molar-refractivity contribution is 0.0848. The van der Waals surface area contributed by atoms with Crippen LogP contribution < -0.4 is 10.6 Å². The number of nitrogens with one attached hydrogen (secondary N) is 2. The van der Waals surface area contributed by atoms with Crippen molar-refractivity contribution in [3.63, 3.8) is 0 Å². The molecular weight excluding hydrogens is 245 g/mol. The van der Waals surface area contributed by atoms with E-state index >= 15 is 0 Å². The second kappa shape index (κ2) is 4.89. The summed E-state index contributed by atoms with van der Waals surface area (Å²) in [6.07, 6.45) is 6.68. The van der Waals surface area contributed by atoms with Crippen LogP contribution in [0.5, 0.6) is 0 Å². The van der Waals surface area contributed by atoms with Gasteiger partial charge in [0.05, 0.1) is 6.20 Å². The molecule has 19 heavy (non-hydrogen) atoms. The van der Waals surface area contributed by atoms with Gasteiger partial charge in [-0.05, 0) is 50.8 Å². The van der Waals surface area contributed by atoms with Gasteiger partial charge in [0, 0.05) is 11.6 Å². The average Bonchev–Trinajstić information content (AvgIpc) is 2.38. The van der Waals surface area contributed by atoms with Crippen molar-refractivity contribution in [3.05, 3.63) is 29.8 Å². The van der Waals surface area contributed by atoms with E-state index in [1.54, 1.807) is 0 Å². The summed E-state index contributed by atoms with van der Waals surface area (Å²) in [6.45, 7) is 0.946. The number of nitrogens with zero attached hydrogens (tertiary/aromatic N) is 1. The molecule has 1 amide bonds. The Balaban J connectivity index is 1.61. The van der Waals surface area contributed by atoms with Gasteiger partial charge in [0.15, 0.2) is 0 Å². The van der Waals surface area contributed by atoms with Gasteiger partial charge in [-0.3, -0.25) is 4.79 Å². The van der Waals surface area contributed by atoms with Crippen LogP contribution in [0.1, 0.15) is 42.6 Å². The number of pyridine rings is 1. The number of hydrogen-bond acceptors (Lipinski definition) is 3. The topological polar surface area (TPSA) is 54.0 Å². The van der Waals surface area contributed by atoms with Crippen molar-refractivity contribution in [1.29, 1.82) is 0 Å². The van der Waals surface area contributed by atoms with Crippen LogP contribution in [-0.2, 0) is 0 Å². The van der Waals surface area contributed by atoms with Gasteiger partial charge in [-0.15, -0.1) is 0 Å². The van der Waals surface area contributed by atoms with Gasteiger partial charge < -0.3 is 10.6 Å². The maximum atomic E-state index is 12.8. The summed E-state index contributed by atoms with van der Waals surface area (Å²) in [5, 5.41) is 6.58. The van der Waals surface area contributed by atoms with E-state index in [1.165, 1.54) is 31.4 Å². The summed E-state index contributed by atoms with van der Waals surface area (Å²) in [6, 6.07) is 2.88. The monoisotopic (exact) mass is 263 g/mol. The fourth-order valence-electron chi connectivity index (χ4n) is 3.03. The summed E-state index contributed by atoms with van der Waals surface area (Å²) in [4.78, 5) is 15.8. The third-order valence-electron chi connectivity index (χ3n) is 4.24. The van der Waals surface area contributed by atoms with E-state index in [1.807, 2.05) is 0 Å². The van der Waals surface area contributed by atoms with Crippen molar-refractivity contribution < 1.29 is 9.18 Å². The Hall–Kier alpha value is -1.49. The number of hydrogen-bond donors (Lipinski definition) is 2. The Morgan fingerprint density at radius 2 is 2.32 bits per heavy atom. The second-order valence-corrected chi connectivity index (χ2v) is 5.59. The van der Waals surface area contributed by atoms with E-state index < -0.39 is 5.82 Å². The van der Waals surface area contributed by atoms with Crippen LogP contribution in [0.25, 0.3) is 0 Å². The summed E-state index contributed by atoms with van der Waals surface area (Å²) in [5.41, 5.74) is 0.537. The standard InChI is InChI=1S/C14H18FN3O/c15-10-2-3-12(16-9-10)13(19)18-11-4-7-17-14(8-11)5-1-6-14/h2-3,9,11,17H,1,4-8H2,(H,18,19). The summed E-state index contributed by atoms with van der Waals surface area (Å²) in [5.74, 6) is -0.631. The van der Waals surface area contributed by atoms with Gasteiger partial charge >= 0.3 is 0 Å². The fraction of sp³-hybridized carbons (Fsp3) is 0.571. The first-order valence-electron chi connectivity index (χ1n) is 6.84. The largest absolute Gasteiger partial charge is 0.348 e. The van der Waals surface area contributed by atoms with Gasteiger partial charge in [0.25, 0.3) is 5.91 Å². The van der Waals surface area contributed by atoms with E-state index in [4.69, 9.17) is 0 Å². The van der Waals surface area contributed by atoms with Crippen LogP contribution in [0.15, 0.2) is 18.3 Å². The highest BCUT2D eigenvalue weighted by atomic mass is 19.1. The Labute approximate surface area is 111 Å². The van der Waals surface area contributed by atoms with E-state index in [0.717, 1.165) is 25.6 Å². The Morgan fingerprint density at radius 1 is 1.47 bits per heavy atom. The molecule has 2 heterocycles. The normalized spacial score (nSPS) is 24.8. The predicted molar refractivity (Wildman–Crippen MR) is 69.3 cm³/mol. The minimum Gasteiger partial charge on any atom is -0.348 e. The molecule has 1 saturated heterocycles. The average molecular weight is 263 g/mol. The molecule has 1 unspecified atom stereocenters. The van der Waals surface area contributed by atoms with E-state index in [0.29, 0.717) is 0 Å². The second-order valence-electron chi connectivity index (χ2n) is 5.59. The third-order valence-corrected chi connectivity index (χ3v) is 4.24. The van der Waals surface area contributed by atoms with E-state index in [2.05, 4.69) is 15.6 Å². The zero-order valence-corrected chi connectivity index (χ0v) is 10.8. The molecule has 0 aromatic carbocycles. The lowest BCUT2D eigenvalue weighted by atomic mass is 9.70. The van der Waals surface area contributed by atoms with Crippen molar-refractivity contribution in [2.24, 2.45) is 0 Å². The maximum Gasteiger partial charge on any atom is 0.270 e. The maximum absolute atomic E-state index is 12.8. The van der Waals surface area contributed by atoms with Gasteiger partial charge in [0.2, 0.25) is 0 Å². The summed E-state index contributed by atoms with van der Waals surface area (Å²) < 4.78 is 12.8. The van der Waals surface area contributed by atoms with Gasteiger partial charge in [-0.1, -0.05) is 0 Å². The van der Waals surface area contributed by atoms with Crippen molar-refractivity contribution in [1.82, 2.24) is 15.6 Å². The smallest absolute Gasteiger partial charge is 0.270 e. The molecule has 2 N–H and O–H groups in total. The van der Waals surface area contributed by atoms with Crippen molar-refractivity contribution in [3.8, 4) is 0 Å². The zero-order valence-electron chi connectivity index (χ0n) is 10.8. The Kier molecular flexibility index (Phi) is 3.22. The molecule has 2 aliphatic rings. The Morgan fingerprint density at radius 3 is 2.95 bits per heavy atom. The number of carbonyl (C=O) groups is 1. The molecule has 0 radical (unpaired) electrons. The van der Waals surface area contributed by atoms with Crippen LogP contribution in [0.3, 0.4) is 0 Å². The molecule has 1 saturated carbocycles. The zero-order chi connectivity index (χ0) is 13.3. The van der Waals surface area contributed by atoms with Crippen LogP contribution in [0, 0.1) is 5.82 Å². The van der Waals surface area contributed by atoms with Gasteiger partial charge in [0.1, 0.15) is 11.5 Å². The SMILES string of the molecule is O=C(NC1CCNC2(CCC2)C1)c1ccc(F)cn1. The highest BCUT2D eigenvalue weighted by Crippen LogP contribution is 2.38. The van der Waals surface area contributed by atoms with Crippen LogP contribution >= 0.6 is 0 Å². The summed E-state index contributed by atoms with van der Waals surface area (Å²) in [7, 11) is 0. The molecule has 1 aromatic rings. The molecule has 1 aliphatic heterocycles. The molecular formula is C14H18FN3O. The molecule has 1 aromatic heterocycles. The first-order chi connectivity index (χ1) is 9.17. The lowest BCUT2D eigenvalue weighted by Crippen LogP contribution is -2.59. The fourth-order valence-corrected chi connectivity index (χ4v) is 3.03. The molecule has 102 valence electrons. The minimum absolute atomic E-state index is 0.195. The minimum atomic E-state index is -0.424. The van der Waals surface area contributed by atoms with E-state index in [9.17, 15) is 9.18 Å². The molecule has 1 aliphatic carbocycles. The first-order valence-corrected chi connectivity index (χ1v) is 6.84. The lowest BCUT2D eigenvalue weighted by Gasteiger charge is -2.48. The number of rotatable bonds is 2. The molecule has 3 rings (SSSR count). The number of aromatic nitrogens is 1. The molecule has 5 heteroatoms. The highest BCUT2D eigenvalue weighted by molar-refractivity contribution is 5.92. The third kappa shape index (κ3) is 2.61. The Bertz CT molecular complexity index is 470. The molecule has 2 fully saturated rings. The molecule has 1 atom stereocenters. The first kappa shape index (κ1) is 12.5. The van der Waals surface area contributed by atoms with Crippen LogP contribution in [-0.4, -0.2) is 29.0 Å². The highest BCUT2D eigenvalue weighted by Gasteiger charge is 2.41. The van der Waals surface area contributed by atoms with E-state index in [-0.39, 0.29) is 23.2 Å². The van der Waals surface area contributed by atoms with Crippen molar-refractivity contribution in [2.45, 2.75) is 43.7 Å². The number of amides is 1. The molecule has 0 bridgehead atoms. The van der Waals surface area contributed by atoms with Crippen LogP contribution in [0.2, 0.25) is 0 Å². The quantitative estimate of drug-likeness (QED) is 0.852. The summed E-state index contributed by atoms with van der Waals surface area (Å²) >= 11 is 0. The van der Waals surface area contributed by atoms with Gasteiger partial charge in [-0.25, -0.2) is 9.37 Å². The number of halogens is 1. The van der Waals surface area contributed by atoms with Crippen LogP contribution in [0.4, 0.5) is 4.39 Å². The number of carbonyl (C=O) groups excluding carboxylic acids is 1. The molecule has 1 spiro atoms.